The second-order valence-corrected chi connectivity index (χ2v) is 4.34. The first-order chi connectivity index (χ1) is 7.81. The molecule has 3 nitrogen and oxygen atoms in total. The fourth-order valence-electron chi connectivity index (χ4n) is 2.10. The number of furan rings is 1. The van der Waals surface area contributed by atoms with E-state index in [9.17, 15) is 0 Å². The van der Waals surface area contributed by atoms with Crippen LogP contribution in [0.1, 0.15) is 18.2 Å². The van der Waals surface area contributed by atoms with Gasteiger partial charge in [0.15, 0.2) is 5.22 Å². The van der Waals surface area contributed by atoms with Gasteiger partial charge < -0.3 is 9.73 Å². The van der Waals surface area contributed by atoms with Gasteiger partial charge in [-0.05, 0) is 30.2 Å². The van der Waals surface area contributed by atoms with Gasteiger partial charge in [-0.3, -0.25) is 4.90 Å². The normalized spacial score (nSPS) is 19.6. The molecule has 0 aromatic carbocycles. The average molecular weight is 241 g/mol. The lowest BCUT2D eigenvalue weighted by Crippen LogP contribution is -2.45. The van der Waals surface area contributed by atoms with E-state index in [0.717, 1.165) is 38.4 Å². The molecule has 88 valence electrons. The Morgan fingerprint density at radius 1 is 1.50 bits per heavy atom. The summed E-state index contributed by atoms with van der Waals surface area (Å²) < 4.78 is 5.51. The molecule has 0 saturated carbocycles. The Hall–Kier alpha value is -0.770. The van der Waals surface area contributed by atoms with Crippen molar-refractivity contribution in [3.05, 3.63) is 35.8 Å². The van der Waals surface area contributed by atoms with Crippen molar-refractivity contribution in [2.24, 2.45) is 0 Å². The van der Waals surface area contributed by atoms with Crippen LogP contribution in [0.15, 0.2) is 29.2 Å². The minimum Gasteiger partial charge on any atom is -0.448 e. The predicted molar refractivity (Wildman–Crippen MR) is 65.7 cm³/mol. The van der Waals surface area contributed by atoms with E-state index in [0.29, 0.717) is 5.22 Å². The maximum absolute atomic E-state index is 5.82. The second kappa shape index (κ2) is 5.53. The first-order valence-electron chi connectivity index (χ1n) is 5.62. The molecule has 0 amide bonds. The van der Waals surface area contributed by atoms with Crippen LogP contribution in [-0.2, 0) is 0 Å². The minimum atomic E-state index is 0.270. The van der Waals surface area contributed by atoms with E-state index in [1.807, 2.05) is 12.1 Å². The quantitative estimate of drug-likeness (QED) is 0.820. The number of nitrogens with one attached hydrogen (secondary N) is 1. The zero-order valence-electron chi connectivity index (χ0n) is 9.29. The molecule has 16 heavy (non-hydrogen) atoms. The van der Waals surface area contributed by atoms with Gasteiger partial charge in [0.2, 0.25) is 0 Å². The van der Waals surface area contributed by atoms with Gasteiger partial charge in [-0.15, -0.1) is 6.58 Å². The fraction of sp³-hybridized carbons (Fsp3) is 0.500. The highest BCUT2D eigenvalue weighted by atomic mass is 35.5. The Bertz CT molecular complexity index is 345. The molecule has 1 aliphatic rings. The standard InChI is InChI=1S/C12H17ClN2O/c1-2-3-10(11-4-5-12(13)16-11)15-8-6-14-7-9-15/h2,4-5,10,14H,1,3,6-9H2/t10-/m1/s1. The van der Waals surface area contributed by atoms with Gasteiger partial charge in [-0.1, -0.05) is 6.08 Å². The first-order valence-corrected chi connectivity index (χ1v) is 6.00. The van der Waals surface area contributed by atoms with Crippen LogP contribution in [0.2, 0.25) is 5.22 Å². The van der Waals surface area contributed by atoms with Gasteiger partial charge in [0.05, 0.1) is 6.04 Å². The summed E-state index contributed by atoms with van der Waals surface area (Å²) in [5.74, 6) is 0.937. The molecule has 2 heterocycles. The predicted octanol–water partition coefficient (Wildman–Crippen LogP) is 2.46. The molecule has 1 fully saturated rings. The molecule has 2 rings (SSSR count). The molecule has 0 unspecified atom stereocenters. The number of nitrogens with zero attached hydrogens (tertiary/aromatic N) is 1. The molecule has 0 radical (unpaired) electrons. The summed E-state index contributed by atoms with van der Waals surface area (Å²) in [6.07, 6.45) is 2.83. The largest absolute Gasteiger partial charge is 0.448 e. The van der Waals surface area contributed by atoms with Crippen LogP contribution in [0.3, 0.4) is 0 Å². The first kappa shape index (κ1) is 11.7. The zero-order valence-corrected chi connectivity index (χ0v) is 10.0. The summed E-state index contributed by atoms with van der Waals surface area (Å²) in [7, 11) is 0. The van der Waals surface area contributed by atoms with Crippen molar-refractivity contribution in [3.63, 3.8) is 0 Å². The molecule has 1 aromatic rings. The Kier molecular flexibility index (Phi) is 4.04. The summed E-state index contributed by atoms with van der Waals surface area (Å²) in [4.78, 5) is 2.41. The van der Waals surface area contributed by atoms with Gasteiger partial charge in [0, 0.05) is 26.2 Å². The van der Waals surface area contributed by atoms with E-state index in [2.05, 4.69) is 16.8 Å². The van der Waals surface area contributed by atoms with Crippen LogP contribution in [0, 0.1) is 0 Å². The molecule has 1 saturated heterocycles. The van der Waals surface area contributed by atoms with Gasteiger partial charge in [-0.25, -0.2) is 0 Å². The van der Waals surface area contributed by atoms with Crippen LogP contribution >= 0.6 is 11.6 Å². The third-order valence-corrected chi connectivity index (χ3v) is 3.11. The van der Waals surface area contributed by atoms with E-state index in [1.54, 1.807) is 6.07 Å². The summed E-state index contributed by atoms with van der Waals surface area (Å²) >= 11 is 5.82. The second-order valence-electron chi connectivity index (χ2n) is 3.97. The minimum absolute atomic E-state index is 0.270. The Morgan fingerprint density at radius 3 is 2.81 bits per heavy atom. The van der Waals surface area contributed by atoms with Crippen LogP contribution in [-0.4, -0.2) is 31.1 Å². The lowest BCUT2D eigenvalue weighted by Gasteiger charge is -2.33. The molecule has 1 atom stereocenters. The van der Waals surface area contributed by atoms with E-state index >= 15 is 0 Å². The molecule has 1 aromatic heterocycles. The lowest BCUT2D eigenvalue weighted by molar-refractivity contribution is 0.156. The summed E-state index contributed by atoms with van der Waals surface area (Å²) in [6.45, 7) is 7.95. The van der Waals surface area contributed by atoms with Crippen LogP contribution in [0.4, 0.5) is 0 Å². The third kappa shape index (κ3) is 2.67. The van der Waals surface area contributed by atoms with E-state index in [1.165, 1.54) is 0 Å². The average Bonchev–Trinajstić information content (AvgIpc) is 2.74. The third-order valence-electron chi connectivity index (χ3n) is 2.90. The van der Waals surface area contributed by atoms with Crippen molar-refractivity contribution in [1.82, 2.24) is 10.2 Å². The van der Waals surface area contributed by atoms with Gasteiger partial charge >= 0.3 is 0 Å². The maximum Gasteiger partial charge on any atom is 0.193 e. The number of halogens is 1. The van der Waals surface area contributed by atoms with Crippen molar-refractivity contribution in [2.75, 3.05) is 26.2 Å². The molecule has 1 aliphatic heterocycles. The number of hydrogen-bond donors (Lipinski definition) is 1. The van der Waals surface area contributed by atoms with Crippen LogP contribution in [0.5, 0.6) is 0 Å². The van der Waals surface area contributed by atoms with E-state index < -0.39 is 0 Å². The topological polar surface area (TPSA) is 28.4 Å². The van der Waals surface area contributed by atoms with Gasteiger partial charge in [0.1, 0.15) is 5.76 Å². The molecular formula is C12H17ClN2O. The molecule has 1 N–H and O–H groups in total. The zero-order chi connectivity index (χ0) is 11.4. The summed E-state index contributed by atoms with van der Waals surface area (Å²) in [6, 6.07) is 4.03. The maximum atomic E-state index is 5.82. The number of hydrogen-bond acceptors (Lipinski definition) is 3. The van der Waals surface area contributed by atoms with Crippen molar-refractivity contribution in [2.45, 2.75) is 12.5 Å². The molecule has 0 bridgehead atoms. The lowest BCUT2D eigenvalue weighted by atomic mass is 10.1. The summed E-state index contributed by atoms with van der Waals surface area (Å²) in [5.41, 5.74) is 0. The molecule has 4 heteroatoms. The van der Waals surface area contributed by atoms with Crippen molar-refractivity contribution in [1.29, 1.82) is 0 Å². The van der Waals surface area contributed by atoms with Crippen molar-refractivity contribution in [3.8, 4) is 0 Å². The highest BCUT2D eigenvalue weighted by Crippen LogP contribution is 2.28. The van der Waals surface area contributed by atoms with Crippen LogP contribution < -0.4 is 5.32 Å². The smallest absolute Gasteiger partial charge is 0.193 e. The summed E-state index contributed by atoms with van der Waals surface area (Å²) in [5, 5.41) is 3.80. The SMILES string of the molecule is C=CC[C@H](c1ccc(Cl)o1)N1CCNCC1. The fourth-order valence-corrected chi connectivity index (χ4v) is 2.26. The Balaban J connectivity index is 2.12. The van der Waals surface area contributed by atoms with Crippen molar-refractivity contribution < 1.29 is 4.42 Å². The highest BCUT2D eigenvalue weighted by molar-refractivity contribution is 6.28. The van der Waals surface area contributed by atoms with Crippen molar-refractivity contribution >= 4 is 11.6 Å². The van der Waals surface area contributed by atoms with E-state index in [4.69, 9.17) is 16.0 Å². The molecule has 0 spiro atoms. The van der Waals surface area contributed by atoms with Gasteiger partial charge in [0.25, 0.3) is 0 Å². The molecular weight excluding hydrogens is 224 g/mol. The monoisotopic (exact) mass is 240 g/mol. The Labute approximate surface area is 101 Å². The van der Waals surface area contributed by atoms with E-state index in [-0.39, 0.29) is 6.04 Å². The highest BCUT2D eigenvalue weighted by Gasteiger charge is 2.23. The number of piperazine rings is 1. The molecule has 0 aliphatic carbocycles. The Morgan fingerprint density at radius 2 is 2.25 bits per heavy atom. The number of rotatable bonds is 4. The van der Waals surface area contributed by atoms with Gasteiger partial charge in [-0.2, -0.15) is 0 Å². The van der Waals surface area contributed by atoms with Crippen LogP contribution in [0.25, 0.3) is 0 Å².